The number of carbonyl (C=O) groups excluding carboxylic acids is 2. The number of hydrogen-bond donors (Lipinski definition) is 3. The van der Waals surface area contributed by atoms with Crippen molar-refractivity contribution in [3.8, 4) is 5.75 Å². The lowest BCUT2D eigenvalue weighted by molar-refractivity contribution is -0.147. The predicted octanol–water partition coefficient (Wildman–Crippen LogP) is 2.07. The molecule has 0 unspecified atom stereocenters. The van der Waals surface area contributed by atoms with Crippen LogP contribution >= 0.6 is 0 Å². The molecule has 0 aliphatic carbocycles. The highest BCUT2D eigenvalue weighted by Crippen LogP contribution is 2.37. The molecule has 2 amide bonds. The van der Waals surface area contributed by atoms with Gasteiger partial charge in [0, 0.05) is 25.2 Å². The largest absolute Gasteiger partial charge is 0.489 e. The second kappa shape index (κ2) is 10.8. The molecular formula is C24H28N2O6. The molecular weight excluding hydrogens is 412 g/mol. The number of nitrogens with zero attached hydrogens (tertiary/aromatic N) is 1. The Morgan fingerprint density at radius 3 is 2.53 bits per heavy atom. The Bertz CT molecular complexity index is 918. The van der Waals surface area contributed by atoms with Crippen molar-refractivity contribution in [3.63, 3.8) is 0 Å². The lowest BCUT2D eigenvalue weighted by atomic mass is 9.71. The van der Waals surface area contributed by atoms with Gasteiger partial charge >= 0.3 is 0 Å². The van der Waals surface area contributed by atoms with Gasteiger partial charge in [0.2, 0.25) is 5.91 Å². The van der Waals surface area contributed by atoms with Gasteiger partial charge in [-0.05, 0) is 49.1 Å². The number of piperidine rings is 2. The van der Waals surface area contributed by atoms with Crippen LogP contribution in [-0.2, 0) is 16.2 Å². The van der Waals surface area contributed by atoms with Gasteiger partial charge in [0.25, 0.3) is 12.4 Å². The van der Waals surface area contributed by atoms with Gasteiger partial charge in [-0.25, -0.2) is 0 Å². The van der Waals surface area contributed by atoms with Crippen molar-refractivity contribution in [2.45, 2.75) is 32.0 Å². The fourth-order valence-electron chi connectivity index (χ4n) is 4.23. The molecule has 2 aromatic rings. The molecule has 2 fully saturated rings. The number of ether oxygens (including phenoxy) is 1. The van der Waals surface area contributed by atoms with Crippen molar-refractivity contribution in [2.75, 3.05) is 19.6 Å². The number of likely N-dealkylation sites (tertiary alicyclic amines) is 1. The van der Waals surface area contributed by atoms with E-state index in [1.54, 1.807) is 17.0 Å². The smallest absolute Gasteiger partial charge is 0.290 e. The van der Waals surface area contributed by atoms with Crippen molar-refractivity contribution in [3.05, 3.63) is 65.7 Å². The SMILES string of the molecule is O=C(c1ccc(COc2ccccc2)cc1)N1CC[C@H](O)[C@@]2(CCCNC2=O)C1.O=CO. The number of amides is 2. The summed E-state index contributed by atoms with van der Waals surface area (Å²) < 4.78 is 5.74. The first kappa shape index (κ1) is 23.3. The molecule has 2 aliphatic rings. The van der Waals surface area contributed by atoms with Crippen molar-refractivity contribution in [2.24, 2.45) is 5.41 Å². The van der Waals surface area contributed by atoms with Gasteiger partial charge in [-0.1, -0.05) is 30.3 Å². The average Bonchev–Trinajstić information content (AvgIpc) is 2.82. The Kier molecular flexibility index (Phi) is 7.83. The second-order valence-electron chi connectivity index (χ2n) is 7.95. The zero-order valence-electron chi connectivity index (χ0n) is 17.8. The van der Waals surface area contributed by atoms with Gasteiger partial charge < -0.3 is 25.2 Å². The number of hydrogen-bond acceptors (Lipinski definition) is 5. The van der Waals surface area contributed by atoms with E-state index in [0.29, 0.717) is 38.1 Å². The van der Waals surface area contributed by atoms with Crippen LogP contribution in [0, 0.1) is 5.41 Å². The van der Waals surface area contributed by atoms with E-state index in [0.717, 1.165) is 17.7 Å². The lowest BCUT2D eigenvalue weighted by Gasteiger charge is -2.46. The van der Waals surface area contributed by atoms with Crippen LogP contribution in [0.2, 0.25) is 0 Å². The molecule has 3 N–H and O–H groups in total. The summed E-state index contributed by atoms with van der Waals surface area (Å²) in [6, 6.07) is 17.0. The standard InChI is InChI=1S/C23H26N2O4.CH2O2/c26-20-11-14-25(16-23(20)12-4-13-24-22(23)28)21(27)18-9-7-17(8-10-18)15-29-19-5-2-1-3-6-19;2-1-3/h1-3,5-10,20,26H,4,11-16H2,(H,24,28);1H,(H,2,3)/t20-,23+;/m0./s1. The molecule has 2 atom stereocenters. The summed E-state index contributed by atoms with van der Waals surface area (Å²) in [6.45, 7) is 1.52. The quantitative estimate of drug-likeness (QED) is 0.627. The fraction of sp³-hybridized carbons (Fsp3) is 0.375. The maximum atomic E-state index is 13.0. The predicted molar refractivity (Wildman–Crippen MR) is 117 cm³/mol. The van der Waals surface area contributed by atoms with E-state index in [-0.39, 0.29) is 24.8 Å². The van der Waals surface area contributed by atoms with Crippen LogP contribution in [0.4, 0.5) is 0 Å². The molecule has 8 nitrogen and oxygen atoms in total. The minimum absolute atomic E-state index is 0.106. The molecule has 0 saturated carbocycles. The fourth-order valence-corrected chi connectivity index (χ4v) is 4.23. The van der Waals surface area contributed by atoms with E-state index >= 15 is 0 Å². The number of para-hydroxylation sites is 1. The van der Waals surface area contributed by atoms with E-state index in [1.807, 2.05) is 42.5 Å². The summed E-state index contributed by atoms with van der Waals surface area (Å²) >= 11 is 0. The monoisotopic (exact) mass is 440 g/mol. The van der Waals surface area contributed by atoms with Crippen LogP contribution in [0.15, 0.2) is 54.6 Å². The van der Waals surface area contributed by atoms with E-state index < -0.39 is 11.5 Å². The number of carbonyl (C=O) groups is 3. The van der Waals surface area contributed by atoms with Crippen LogP contribution in [0.3, 0.4) is 0 Å². The number of rotatable bonds is 4. The molecule has 0 bridgehead atoms. The summed E-state index contributed by atoms with van der Waals surface area (Å²) in [5.41, 5.74) is 0.675. The number of carboxylic acid groups (broad SMARTS) is 1. The third-order valence-corrected chi connectivity index (χ3v) is 5.96. The average molecular weight is 440 g/mol. The number of nitrogens with one attached hydrogen (secondary N) is 1. The van der Waals surface area contributed by atoms with Gasteiger partial charge in [-0.2, -0.15) is 0 Å². The number of aliphatic hydroxyl groups is 1. The highest BCUT2D eigenvalue weighted by Gasteiger charge is 2.50. The third-order valence-electron chi connectivity index (χ3n) is 5.96. The highest BCUT2D eigenvalue weighted by molar-refractivity contribution is 5.95. The zero-order chi connectivity index (χ0) is 23.0. The molecule has 2 aliphatic heterocycles. The van der Waals surface area contributed by atoms with Gasteiger partial charge in [0.05, 0.1) is 11.5 Å². The second-order valence-corrected chi connectivity index (χ2v) is 7.95. The maximum Gasteiger partial charge on any atom is 0.290 e. The Morgan fingerprint density at radius 2 is 1.88 bits per heavy atom. The minimum atomic E-state index is -0.879. The van der Waals surface area contributed by atoms with Gasteiger partial charge in [-0.3, -0.25) is 14.4 Å². The summed E-state index contributed by atoms with van der Waals surface area (Å²) in [5, 5.41) is 20.2. The van der Waals surface area contributed by atoms with Gasteiger partial charge in [0.15, 0.2) is 0 Å². The Morgan fingerprint density at radius 1 is 1.19 bits per heavy atom. The molecule has 0 radical (unpaired) electrons. The number of benzene rings is 2. The summed E-state index contributed by atoms with van der Waals surface area (Å²) in [4.78, 5) is 35.6. The van der Waals surface area contributed by atoms with Crippen LogP contribution in [0.5, 0.6) is 5.75 Å². The van der Waals surface area contributed by atoms with E-state index in [4.69, 9.17) is 14.6 Å². The Labute approximate surface area is 186 Å². The van der Waals surface area contributed by atoms with Crippen molar-refractivity contribution in [1.29, 1.82) is 0 Å². The molecule has 8 heteroatoms. The van der Waals surface area contributed by atoms with Gasteiger partial charge in [0.1, 0.15) is 12.4 Å². The first-order valence-electron chi connectivity index (χ1n) is 10.6. The van der Waals surface area contributed by atoms with E-state index in [1.165, 1.54) is 0 Å². The molecule has 2 saturated heterocycles. The van der Waals surface area contributed by atoms with Crippen LogP contribution in [0.1, 0.15) is 35.2 Å². The first-order valence-corrected chi connectivity index (χ1v) is 10.6. The van der Waals surface area contributed by atoms with Crippen LogP contribution < -0.4 is 10.1 Å². The first-order chi connectivity index (χ1) is 15.5. The minimum Gasteiger partial charge on any atom is -0.489 e. The Balaban J connectivity index is 0.000000913. The topological polar surface area (TPSA) is 116 Å². The molecule has 4 rings (SSSR count). The molecule has 170 valence electrons. The molecule has 1 spiro atoms. The molecule has 2 aromatic carbocycles. The normalized spacial score (nSPS) is 22.3. The van der Waals surface area contributed by atoms with Crippen molar-refractivity contribution < 1.29 is 29.3 Å². The maximum absolute atomic E-state index is 13.0. The van der Waals surface area contributed by atoms with Crippen molar-refractivity contribution in [1.82, 2.24) is 10.2 Å². The Hall–Kier alpha value is -3.39. The summed E-state index contributed by atoms with van der Waals surface area (Å²) in [5.74, 6) is 0.558. The molecule has 0 aromatic heterocycles. The van der Waals surface area contributed by atoms with Crippen LogP contribution in [0.25, 0.3) is 0 Å². The molecule has 32 heavy (non-hydrogen) atoms. The van der Waals surface area contributed by atoms with E-state index in [2.05, 4.69) is 5.32 Å². The van der Waals surface area contributed by atoms with Crippen molar-refractivity contribution >= 4 is 18.3 Å². The summed E-state index contributed by atoms with van der Waals surface area (Å²) in [6.07, 6.45) is 1.15. The van der Waals surface area contributed by atoms with Crippen LogP contribution in [-0.4, -0.2) is 59.1 Å². The van der Waals surface area contributed by atoms with Gasteiger partial charge in [-0.15, -0.1) is 0 Å². The molecule has 2 heterocycles. The number of aliphatic hydroxyl groups excluding tert-OH is 1. The highest BCUT2D eigenvalue weighted by atomic mass is 16.5. The van der Waals surface area contributed by atoms with E-state index in [9.17, 15) is 14.7 Å². The lowest BCUT2D eigenvalue weighted by Crippen LogP contribution is -2.62. The summed E-state index contributed by atoms with van der Waals surface area (Å²) in [7, 11) is 0. The third kappa shape index (κ3) is 5.26. The zero-order valence-corrected chi connectivity index (χ0v) is 17.8.